The quantitative estimate of drug-likeness (QED) is 0.286. The molecule has 0 fully saturated rings. The van der Waals surface area contributed by atoms with Crippen molar-refractivity contribution in [3.63, 3.8) is 0 Å². The summed E-state index contributed by atoms with van der Waals surface area (Å²) in [6.45, 7) is 0.297. The number of nitrogens with two attached hydrogens (primary N) is 1. The first kappa shape index (κ1) is 12.8. The van der Waals surface area contributed by atoms with Gasteiger partial charge in [-0.2, -0.15) is 0 Å². The van der Waals surface area contributed by atoms with Gasteiger partial charge in [0.2, 0.25) is 5.56 Å². The van der Waals surface area contributed by atoms with Crippen LogP contribution in [0.3, 0.4) is 0 Å². The van der Waals surface area contributed by atoms with Crippen molar-refractivity contribution in [3.05, 3.63) is 34.2 Å². The summed E-state index contributed by atoms with van der Waals surface area (Å²) in [6, 6.07) is 4.35. The van der Waals surface area contributed by atoms with Gasteiger partial charge in [0.25, 0.3) is 5.91 Å². The third-order valence-electron chi connectivity index (χ3n) is 2.18. The number of nitrogens with one attached hydrogen (secondary N) is 1. The number of nitrogens with zero attached hydrogens (tertiary/aromatic N) is 2. The van der Waals surface area contributed by atoms with Crippen molar-refractivity contribution >= 4 is 11.7 Å². The summed E-state index contributed by atoms with van der Waals surface area (Å²) < 4.78 is 0. The number of aromatic amines is 1. The summed E-state index contributed by atoms with van der Waals surface area (Å²) in [7, 11) is 1.57. The van der Waals surface area contributed by atoms with Gasteiger partial charge >= 0.3 is 0 Å². The fourth-order valence-corrected chi connectivity index (χ4v) is 1.21. The second-order valence-corrected chi connectivity index (χ2v) is 3.50. The number of amides is 1. The first-order valence-corrected chi connectivity index (χ1v) is 4.96. The second-order valence-electron chi connectivity index (χ2n) is 3.50. The summed E-state index contributed by atoms with van der Waals surface area (Å²) >= 11 is 0. The van der Waals surface area contributed by atoms with E-state index in [0.29, 0.717) is 6.54 Å². The third kappa shape index (κ3) is 3.63. The van der Waals surface area contributed by atoms with Gasteiger partial charge in [-0.05, 0) is 6.07 Å². The fraction of sp³-hybridized carbons (Fsp3) is 0.300. The Labute approximate surface area is 97.5 Å². The largest absolute Gasteiger partial charge is 0.409 e. The molecule has 1 heterocycles. The van der Waals surface area contributed by atoms with Gasteiger partial charge in [0.15, 0.2) is 0 Å². The molecule has 0 unspecified atom stereocenters. The fourth-order valence-electron chi connectivity index (χ4n) is 1.21. The summed E-state index contributed by atoms with van der Waals surface area (Å²) in [6.07, 6.45) is 0.260. The topological polar surface area (TPSA) is 112 Å². The highest BCUT2D eigenvalue weighted by molar-refractivity contribution is 5.92. The van der Waals surface area contributed by atoms with Crippen LogP contribution in [0.25, 0.3) is 0 Å². The summed E-state index contributed by atoms with van der Waals surface area (Å²) in [5, 5.41) is 11.2. The van der Waals surface area contributed by atoms with Gasteiger partial charge in [-0.3, -0.25) is 9.59 Å². The Bertz CT molecular complexity index is 480. The summed E-state index contributed by atoms with van der Waals surface area (Å²) in [4.78, 5) is 26.7. The predicted octanol–water partition coefficient (Wildman–Crippen LogP) is -0.417. The number of amidine groups is 1. The van der Waals surface area contributed by atoms with E-state index in [0.717, 1.165) is 0 Å². The Morgan fingerprint density at radius 2 is 2.29 bits per heavy atom. The average Bonchev–Trinajstić information content (AvgIpc) is 2.34. The highest BCUT2D eigenvalue weighted by Crippen LogP contribution is 1.98. The molecule has 0 bridgehead atoms. The number of hydrogen-bond donors (Lipinski definition) is 3. The van der Waals surface area contributed by atoms with Crippen LogP contribution in [0.4, 0.5) is 0 Å². The van der Waals surface area contributed by atoms with Gasteiger partial charge in [0.1, 0.15) is 11.5 Å². The number of H-pyrrole nitrogens is 1. The van der Waals surface area contributed by atoms with Crippen LogP contribution >= 0.6 is 0 Å². The molecular weight excluding hydrogens is 224 g/mol. The normalized spacial score (nSPS) is 11.2. The molecule has 17 heavy (non-hydrogen) atoms. The van der Waals surface area contributed by atoms with Crippen LogP contribution in [0.1, 0.15) is 16.9 Å². The predicted molar refractivity (Wildman–Crippen MR) is 62.0 cm³/mol. The van der Waals surface area contributed by atoms with E-state index in [2.05, 4.69) is 10.1 Å². The molecular formula is C10H14N4O3. The van der Waals surface area contributed by atoms with Gasteiger partial charge < -0.3 is 20.8 Å². The lowest BCUT2D eigenvalue weighted by atomic mass is 10.3. The lowest BCUT2D eigenvalue weighted by molar-refractivity contribution is 0.0792. The molecule has 0 aliphatic rings. The SMILES string of the molecule is CN(CC/C(N)=N/O)C(=O)c1cccc(=O)[nH]1. The molecule has 0 aromatic carbocycles. The maximum atomic E-state index is 11.8. The van der Waals surface area contributed by atoms with E-state index >= 15 is 0 Å². The lowest BCUT2D eigenvalue weighted by Crippen LogP contribution is -2.32. The Morgan fingerprint density at radius 1 is 1.59 bits per heavy atom. The number of carbonyl (C=O) groups excluding carboxylic acids is 1. The molecule has 0 atom stereocenters. The van der Waals surface area contributed by atoms with E-state index in [1.54, 1.807) is 7.05 Å². The van der Waals surface area contributed by atoms with Gasteiger partial charge in [-0.15, -0.1) is 0 Å². The van der Waals surface area contributed by atoms with Crippen molar-refractivity contribution in [3.8, 4) is 0 Å². The highest BCUT2D eigenvalue weighted by atomic mass is 16.4. The van der Waals surface area contributed by atoms with Gasteiger partial charge in [-0.25, -0.2) is 0 Å². The van der Waals surface area contributed by atoms with Crippen LogP contribution in [-0.2, 0) is 0 Å². The highest BCUT2D eigenvalue weighted by Gasteiger charge is 2.12. The molecule has 1 rings (SSSR count). The first-order valence-electron chi connectivity index (χ1n) is 4.96. The molecule has 1 amide bonds. The van der Waals surface area contributed by atoms with E-state index in [9.17, 15) is 9.59 Å². The standard InChI is InChI=1S/C10H14N4O3/c1-14(6-5-8(11)13-17)10(16)7-3-2-4-9(15)12-7/h2-4,17H,5-6H2,1H3,(H2,11,13)(H,12,15). The second kappa shape index (κ2) is 5.69. The molecule has 7 nitrogen and oxygen atoms in total. The van der Waals surface area contributed by atoms with Crippen molar-refractivity contribution in [2.45, 2.75) is 6.42 Å². The number of hydrogen-bond acceptors (Lipinski definition) is 4. The van der Waals surface area contributed by atoms with Crippen LogP contribution in [0.2, 0.25) is 0 Å². The average molecular weight is 238 g/mol. The monoisotopic (exact) mass is 238 g/mol. The van der Waals surface area contributed by atoms with Crippen molar-refractivity contribution < 1.29 is 10.0 Å². The zero-order valence-corrected chi connectivity index (χ0v) is 9.38. The van der Waals surface area contributed by atoms with Gasteiger partial charge in [0.05, 0.1) is 0 Å². The van der Waals surface area contributed by atoms with Crippen LogP contribution < -0.4 is 11.3 Å². The number of aromatic nitrogens is 1. The molecule has 0 aliphatic heterocycles. The molecule has 1 aromatic rings. The van der Waals surface area contributed by atoms with Gasteiger partial charge in [-0.1, -0.05) is 11.2 Å². The smallest absolute Gasteiger partial charge is 0.270 e. The third-order valence-corrected chi connectivity index (χ3v) is 2.18. The molecule has 4 N–H and O–H groups in total. The zero-order valence-electron chi connectivity index (χ0n) is 9.38. The molecule has 0 spiro atoms. The molecule has 0 saturated heterocycles. The van der Waals surface area contributed by atoms with Crippen molar-refractivity contribution in [1.29, 1.82) is 0 Å². The van der Waals surface area contributed by atoms with Crippen LogP contribution in [0.15, 0.2) is 28.1 Å². The maximum Gasteiger partial charge on any atom is 0.270 e. The first-order chi connectivity index (χ1) is 8.04. The Kier molecular flexibility index (Phi) is 4.27. The Balaban J connectivity index is 2.67. The number of pyridine rings is 1. The summed E-state index contributed by atoms with van der Waals surface area (Å²) in [5.41, 5.74) is 5.16. The molecule has 92 valence electrons. The van der Waals surface area contributed by atoms with E-state index in [4.69, 9.17) is 10.9 Å². The lowest BCUT2D eigenvalue weighted by Gasteiger charge is -2.16. The molecule has 0 aliphatic carbocycles. The zero-order chi connectivity index (χ0) is 12.8. The van der Waals surface area contributed by atoms with Crippen molar-refractivity contribution in [2.24, 2.45) is 10.9 Å². The minimum absolute atomic E-state index is 0.0474. The minimum Gasteiger partial charge on any atom is -0.409 e. The molecule has 0 saturated carbocycles. The van der Waals surface area contributed by atoms with Gasteiger partial charge in [0, 0.05) is 26.1 Å². The number of rotatable bonds is 4. The van der Waals surface area contributed by atoms with Crippen molar-refractivity contribution in [1.82, 2.24) is 9.88 Å². The van der Waals surface area contributed by atoms with E-state index in [1.165, 1.54) is 23.1 Å². The van der Waals surface area contributed by atoms with Crippen LogP contribution in [0, 0.1) is 0 Å². The molecule has 1 aromatic heterocycles. The maximum absolute atomic E-state index is 11.8. The number of oxime groups is 1. The Morgan fingerprint density at radius 3 is 2.88 bits per heavy atom. The van der Waals surface area contributed by atoms with E-state index in [-0.39, 0.29) is 29.4 Å². The van der Waals surface area contributed by atoms with E-state index in [1.807, 2.05) is 0 Å². The number of carbonyl (C=O) groups is 1. The molecule has 7 heteroatoms. The van der Waals surface area contributed by atoms with Crippen LogP contribution in [0.5, 0.6) is 0 Å². The Hall–Kier alpha value is -2.31. The van der Waals surface area contributed by atoms with Crippen LogP contribution in [-0.4, -0.2) is 40.4 Å². The molecule has 0 radical (unpaired) electrons. The van der Waals surface area contributed by atoms with Crippen molar-refractivity contribution in [2.75, 3.05) is 13.6 Å². The minimum atomic E-state index is -0.333. The van der Waals surface area contributed by atoms with E-state index < -0.39 is 0 Å². The summed E-state index contributed by atoms with van der Waals surface area (Å²) in [5.74, 6) is -0.278.